The topological polar surface area (TPSA) is 90.1 Å². The van der Waals surface area contributed by atoms with Crippen LogP contribution in [0.25, 0.3) is 0 Å². The molecule has 0 amide bonds. The number of anilines is 3. The number of nitrogens with one attached hydrogen (secondary N) is 1. The number of rotatable bonds is 3. The summed E-state index contributed by atoms with van der Waals surface area (Å²) in [6, 6.07) is 9.46. The Morgan fingerprint density at radius 3 is 2.41 bits per heavy atom. The third-order valence-corrected chi connectivity index (χ3v) is 2.89. The average Bonchev–Trinajstić information content (AvgIpc) is 2.43. The molecule has 0 unspecified atom stereocenters. The van der Waals surface area contributed by atoms with Gasteiger partial charge in [0.25, 0.3) is 0 Å². The van der Waals surface area contributed by atoms with Crippen molar-refractivity contribution in [3.8, 4) is 0 Å². The molecule has 6 nitrogen and oxygen atoms in total. The molecule has 0 aliphatic rings. The zero-order valence-corrected chi connectivity index (χ0v) is 13.2. The van der Waals surface area contributed by atoms with E-state index in [1.54, 1.807) is 27.7 Å². The van der Waals surface area contributed by atoms with E-state index in [1.165, 1.54) is 0 Å². The van der Waals surface area contributed by atoms with Crippen LogP contribution in [0.3, 0.4) is 0 Å². The molecular formula is C16H20N4O2. The number of carbonyl (C=O) groups is 1. The number of nitrogens with two attached hydrogens (primary N) is 1. The number of para-hydroxylation sites is 1. The van der Waals surface area contributed by atoms with Gasteiger partial charge in [-0.2, -0.15) is 0 Å². The molecule has 0 spiro atoms. The number of hydrogen-bond acceptors (Lipinski definition) is 6. The van der Waals surface area contributed by atoms with Crippen LogP contribution in [0.5, 0.6) is 0 Å². The number of aromatic nitrogens is 2. The van der Waals surface area contributed by atoms with Gasteiger partial charge in [0.05, 0.1) is 5.69 Å². The third-order valence-electron chi connectivity index (χ3n) is 2.89. The molecule has 0 aliphatic carbocycles. The summed E-state index contributed by atoms with van der Waals surface area (Å²) < 4.78 is 5.37. The minimum absolute atomic E-state index is 0.116. The molecule has 0 aliphatic heterocycles. The molecule has 0 radical (unpaired) electrons. The van der Waals surface area contributed by atoms with E-state index in [0.29, 0.717) is 11.3 Å². The fourth-order valence-corrected chi connectivity index (χ4v) is 1.82. The maximum absolute atomic E-state index is 12.3. The fraction of sp³-hybridized carbons (Fsp3) is 0.312. The molecule has 1 aromatic heterocycles. The quantitative estimate of drug-likeness (QED) is 0.847. The summed E-state index contributed by atoms with van der Waals surface area (Å²) in [4.78, 5) is 12.3. The molecule has 3 N–H and O–H groups in total. The lowest BCUT2D eigenvalue weighted by molar-refractivity contribution is 0.00629. The van der Waals surface area contributed by atoms with Crippen LogP contribution in [0.1, 0.15) is 36.8 Å². The van der Waals surface area contributed by atoms with Crippen molar-refractivity contribution in [1.29, 1.82) is 0 Å². The average molecular weight is 300 g/mol. The van der Waals surface area contributed by atoms with Crippen LogP contribution in [0.2, 0.25) is 0 Å². The third kappa shape index (κ3) is 3.72. The Kier molecular flexibility index (Phi) is 4.30. The van der Waals surface area contributed by atoms with Gasteiger partial charge in [-0.15, -0.1) is 10.2 Å². The van der Waals surface area contributed by atoms with E-state index < -0.39 is 11.6 Å². The van der Waals surface area contributed by atoms with Crippen LogP contribution in [-0.4, -0.2) is 21.8 Å². The van der Waals surface area contributed by atoms with Crippen molar-refractivity contribution >= 4 is 23.2 Å². The van der Waals surface area contributed by atoms with Crippen molar-refractivity contribution in [3.63, 3.8) is 0 Å². The van der Waals surface area contributed by atoms with Gasteiger partial charge in [0.15, 0.2) is 11.5 Å². The zero-order chi connectivity index (χ0) is 16.3. The molecule has 2 aromatic rings. The van der Waals surface area contributed by atoms with Gasteiger partial charge in [0.2, 0.25) is 0 Å². The summed E-state index contributed by atoms with van der Waals surface area (Å²) >= 11 is 0. The van der Waals surface area contributed by atoms with Gasteiger partial charge in [-0.25, -0.2) is 4.79 Å². The lowest BCUT2D eigenvalue weighted by atomic mass is 10.1. The van der Waals surface area contributed by atoms with Crippen molar-refractivity contribution < 1.29 is 9.53 Å². The van der Waals surface area contributed by atoms with E-state index in [4.69, 9.17) is 10.5 Å². The van der Waals surface area contributed by atoms with E-state index in [9.17, 15) is 4.79 Å². The van der Waals surface area contributed by atoms with E-state index in [2.05, 4.69) is 15.5 Å². The lowest BCUT2D eigenvalue weighted by Gasteiger charge is -2.21. The number of nitrogen functional groups attached to an aromatic ring is 1. The highest BCUT2D eigenvalue weighted by molar-refractivity contribution is 5.96. The second-order valence-corrected chi connectivity index (χ2v) is 5.93. The summed E-state index contributed by atoms with van der Waals surface area (Å²) in [5.74, 6) is -0.271. The minimum atomic E-state index is -0.613. The molecule has 0 saturated heterocycles. The van der Waals surface area contributed by atoms with Gasteiger partial charge in [-0.1, -0.05) is 18.2 Å². The summed E-state index contributed by atoms with van der Waals surface area (Å²) in [6.07, 6.45) is 0. The van der Waals surface area contributed by atoms with E-state index in [-0.39, 0.29) is 11.5 Å². The van der Waals surface area contributed by atoms with Gasteiger partial charge in [0.1, 0.15) is 5.60 Å². The van der Waals surface area contributed by atoms with Crippen LogP contribution in [-0.2, 0) is 4.74 Å². The van der Waals surface area contributed by atoms with E-state index in [1.807, 2.05) is 30.3 Å². The molecule has 22 heavy (non-hydrogen) atoms. The molecule has 0 atom stereocenters. The fourth-order valence-electron chi connectivity index (χ4n) is 1.82. The van der Waals surface area contributed by atoms with Gasteiger partial charge >= 0.3 is 5.97 Å². The van der Waals surface area contributed by atoms with Crippen LogP contribution >= 0.6 is 0 Å². The van der Waals surface area contributed by atoms with Crippen LogP contribution < -0.4 is 11.1 Å². The first-order valence-electron chi connectivity index (χ1n) is 6.96. The summed E-state index contributed by atoms with van der Waals surface area (Å²) in [7, 11) is 0. The Labute approximate surface area is 129 Å². The number of ether oxygens (including phenoxy) is 1. The Morgan fingerprint density at radius 2 is 1.82 bits per heavy atom. The number of hydrogen-bond donors (Lipinski definition) is 2. The number of carbonyl (C=O) groups excluding carboxylic acids is 1. The summed E-state index contributed by atoms with van der Waals surface area (Å²) in [5, 5.41) is 10.9. The highest BCUT2D eigenvalue weighted by atomic mass is 16.6. The Morgan fingerprint density at radius 1 is 1.18 bits per heavy atom. The Hall–Kier alpha value is -2.63. The number of nitrogens with zero attached hydrogens (tertiary/aromatic N) is 2. The molecule has 0 fully saturated rings. The zero-order valence-electron chi connectivity index (χ0n) is 13.2. The van der Waals surface area contributed by atoms with Crippen molar-refractivity contribution in [2.45, 2.75) is 33.3 Å². The summed E-state index contributed by atoms with van der Waals surface area (Å²) in [6.45, 7) is 7.18. The monoisotopic (exact) mass is 300 g/mol. The molecule has 1 aromatic carbocycles. The Bertz CT molecular complexity index is 679. The van der Waals surface area contributed by atoms with Crippen LogP contribution in [0, 0.1) is 6.92 Å². The highest BCUT2D eigenvalue weighted by Crippen LogP contribution is 2.27. The standard InChI is InChI=1S/C16H20N4O2/c1-10-12(18-11-8-6-5-7-9-11)13(19-20-14(10)17)15(21)22-16(2,3)4/h5-9H,1-4H3,(H3,17,18,20). The number of esters is 1. The predicted molar refractivity (Wildman–Crippen MR) is 86.1 cm³/mol. The first kappa shape index (κ1) is 15.8. The van der Waals surface area contributed by atoms with Crippen LogP contribution in [0.15, 0.2) is 30.3 Å². The predicted octanol–water partition coefficient (Wildman–Crippen LogP) is 3.07. The summed E-state index contributed by atoms with van der Waals surface area (Å²) in [5.41, 5.74) is 7.29. The normalized spacial score (nSPS) is 11.1. The molecule has 116 valence electrons. The second-order valence-electron chi connectivity index (χ2n) is 5.93. The van der Waals surface area contributed by atoms with Gasteiger partial charge in [-0.05, 0) is 39.8 Å². The molecule has 0 bridgehead atoms. The molecule has 2 rings (SSSR count). The smallest absolute Gasteiger partial charge is 0.361 e. The maximum atomic E-state index is 12.3. The van der Waals surface area contributed by atoms with Crippen LogP contribution in [0.4, 0.5) is 17.2 Å². The van der Waals surface area contributed by atoms with E-state index >= 15 is 0 Å². The van der Waals surface area contributed by atoms with Crippen molar-refractivity contribution in [2.24, 2.45) is 0 Å². The van der Waals surface area contributed by atoms with Gasteiger partial charge in [0, 0.05) is 11.3 Å². The number of benzene rings is 1. The highest BCUT2D eigenvalue weighted by Gasteiger charge is 2.24. The molecule has 1 heterocycles. The largest absolute Gasteiger partial charge is 0.455 e. The van der Waals surface area contributed by atoms with Gasteiger partial charge < -0.3 is 15.8 Å². The van der Waals surface area contributed by atoms with Crippen molar-refractivity contribution in [2.75, 3.05) is 11.1 Å². The van der Waals surface area contributed by atoms with Crippen molar-refractivity contribution in [1.82, 2.24) is 10.2 Å². The van der Waals surface area contributed by atoms with Gasteiger partial charge in [-0.3, -0.25) is 0 Å². The first-order valence-corrected chi connectivity index (χ1v) is 6.96. The SMILES string of the molecule is Cc1c(N)nnc(C(=O)OC(C)(C)C)c1Nc1ccccc1. The van der Waals surface area contributed by atoms with Crippen molar-refractivity contribution in [3.05, 3.63) is 41.6 Å². The van der Waals surface area contributed by atoms with E-state index in [0.717, 1.165) is 5.69 Å². The molecular weight excluding hydrogens is 280 g/mol. The maximum Gasteiger partial charge on any atom is 0.361 e. The lowest BCUT2D eigenvalue weighted by Crippen LogP contribution is -2.25. The molecule has 6 heteroatoms. The second kappa shape index (κ2) is 6.01. The first-order chi connectivity index (χ1) is 10.3. The Balaban J connectivity index is 2.42. The minimum Gasteiger partial charge on any atom is -0.455 e. The molecule has 0 saturated carbocycles.